The van der Waals surface area contributed by atoms with E-state index in [0.717, 1.165) is 67.0 Å². The van der Waals surface area contributed by atoms with Gasteiger partial charge in [-0.25, -0.2) is 4.98 Å². The second-order valence-electron chi connectivity index (χ2n) is 9.11. The van der Waals surface area contributed by atoms with E-state index >= 15 is 0 Å². The molecule has 6 heteroatoms. The molecule has 174 valence electrons. The molecule has 0 radical (unpaired) electrons. The Kier molecular flexibility index (Phi) is 5.69. The van der Waals surface area contributed by atoms with Gasteiger partial charge in [-0.2, -0.15) is 0 Å². The topological polar surface area (TPSA) is 69.4 Å². The predicted molar refractivity (Wildman–Crippen MR) is 138 cm³/mol. The van der Waals surface area contributed by atoms with Crippen LogP contribution in [-0.4, -0.2) is 49.0 Å². The molecule has 35 heavy (non-hydrogen) atoms. The van der Waals surface area contributed by atoms with E-state index in [1.54, 1.807) is 6.07 Å². The average molecular weight is 462 g/mol. The molecule has 0 amide bonds. The van der Waals surface area contributed by atoms with Gasteiger partial charge in [0, 0.05) is 48.6 Å². The van der Waals surface area contributed by atoms with Crippen molar-refractivity contribution >= 4 is 16.4 Å². The van der Waals surface area contributed by atoms with E-state index < -0.39 is 0 Å². The van der Waals surface area contributed by atoms with Gasteiger partial charge >= 0.3 is 0 Å². The molecule has 5 aromatic rings. The summed E-state index contributed by atoms with van der Waals surface area (Å²) in [5, 5.41) is 11.1. The van der Waals surface area contributed by atoms with Crippen molar-refractivity contribution in [3.63, 3.8) is 0 Å². The number of nitrogens with zero attached hydrogens (tertiary/aromatic N) is 4. The Hall–Kier alpha value is -4.08. The fourth-order valence-corrected chi connectivity index (χ4v) is 5.02. The first kappa shape index (κ1) is 21.5. The molecule has 2 aromatic carbocycles. The summed E-state index contributed by atoms with van der Waals surface area (Å²) in [6.45, 7) is 3.01. The molecular weight excluding hydrogens is 434 g/mol. The molecule has 0 bridgehead atoms. The third kappa shape index (κ3) is 4.27. The molecule has 1 aliphatic heterocycles. The quantitative estimate of drug-likeness (QED) is 0.361. The summed E-state index contributed by atoms with van der Waals surface area (Å²) >= 11 is 0. The Balaban J connectivity index is 1.16. The predicted octanol–water partition coefficient (Wildman–Crippen LogP) is 5.20. The molecule has 0 unspecified atom stereocenters. The monoisotopic (exact) mass is 461 g/mol. The van der Waals surface area contributed by atoms with Gasteiger partial charge in [0.05, 0.1) is 23.0 Å². The zero-order valence-electron chi connectivity index (χ0n) is 19.5. The number of imidazole rings is 1. The molecular formula is C29H27N5O. The van der Waals surface area contributed by atoms with Crippen LogP contribution in [0.5, 0.6) is 5.75 Å². The van der Waals surface area contributed by atoms with Crippen LogP contribution < -0.4 is 0 Å². The second-order valence-corrected chi connectivity index (χ2v) is 9.11. The average Bonchev–Trinajstić information content (AvgIpc) is 3.52. The number of nitrogens with one attached hydrogen (secondary N) is 1. The van der Waals surface area contributed by atoms with Gasteiger partial charge in [-0.15, -0.1) is 0 Å². The van der Waals surface area contributed by atoms with Gasteiger partial charge in [0.1, 0.15) is 11.6 Å². The molecule has 4 heterocycles. The van der Waals surface area contributed by atoms with Crippen LogP contribution in [0.15, 0.2) is 73.3 Å². The van der Waals surface area contributed by atoms with Crippen molar-refractivity contribution in [2.75, 3.05) is 19.6 Å². The zero-order chi connectivity index (χ0) is 23.6. The van der Waals surface area contributed by atoms with Gasteiger partial charge in [-0.05, 0) is 55.6 Å². The highest BCUT2D eigenvalue weighted by Gasteiger charge is 2.25. The maximum absolute atomic E-state index is 9.86. The first-order valence-electron chi connectivity index (χ1n) is 12.1. The number of likely N-dealkylation sites (tertiary alicyclic amines) is 1. The maximum atomic E-state index is 9.86. The second kappa shape index (κ2) is 9.28. The number of hydrogen-bond acceptors (Lipinski definition) is 4. The standard InChI is InChI=1S/C29H27N5O/c35-27-7-2-1-5-22(27)6-3-4-15-33-16-11-23(12-17-33)29-32-28(26-20-30-14-18-34(26)29)24-9-8-21-10-13-31-25(21)19-24/h1-2,5,7-10,13-14,18-20,23,31,35H,4,11-12,15-17H2. The van der Waals surface area contributed by atoms with Gasteiger partial charge in [0.15, 0.2) is 0 Å². The number of piperidine rings is 1. The number of phenols is 1. The fourth-order valence-electron chi connectivity index (χ4n) is 5.02. The van der Waals surface area contributed by atoms with Crippen LogP contribution in [0.1, 0.15) is 36.6 Å². The number of phenolic OH excluding ortho intramolecular Hbond substituents is 1. The van der Waals surface area contributed by atoms with E-state index in [9.17, 15) is 5.11 Å². The Morgan fingerprint density at radius 2 is 1.97 bits per heavy atom. The summed E-state index contributed by atoms with van der Waals surface area (Å²) in [5.74, 6) is 8.08. The minimum atomic E-state index is 0.245. The van der Waals surface area contributed by atoms with E-state index in [1.807, 2.05) is 43.0 Å². The lowest BCUT2D eigenvalue weighted by Gasteiger charge is -2.30. The number of fused-ring (bicyclic) bond motifs is 2. The highest BCUT2D eigenvalue weighted by atomic mass is 16.3. The number of rotatable bonds is 4. The fraction of sp³-hybridized carbons (Fsp3) is 0.241. The number of para-hydroxylation sites is 1. The van der Waals surface area contributed by atoms with E-state index in [0.29, 0.717) is 11.5 Å². The van der Waals surface area contributed by atoms with Crippen molar-refractivity contribution in [2.24, 2.45) is 0 Å². The highest BCUT2D eigenvalue weighted by Crippen LogP contribution is 2.33. The van der Waals surface area contributed by atoms with E-state index in [2.05, 4.69) is 55.4 Å². The van der Waals surface area contributed by atoms with E-state index in [1.165, 1.54) is 5.39 Å². The number of aromatic hydroxyl groups is 1. The van der Waals surface area contributed by atoms with Crippen LogP contribution >= 0.6 is 0 Å². The minimum absolute atomic E-state index is 0.245. The Bertz CT molecular complexity index is 1550. The number of aromatic nitrogens is 4. The Labute approximate surface area is 204 Å². The SMILES string of the molecule is Oc1ccccc1C#CCCN1CCC(c2nc(-c3ccc4cc[nH]c4c3)c3cnccn23)CC1. The molecule has 0 saturated carbocycles. The first-order valence-corrected chi connectivity index (χ1v) is 12.1. The third-order valence-electron chi connectivity index (χ3n) is 6.94. The number of H-pyrrole nitrogens is 1. The van der Waals surface area contributed by atoms with Crippen molar-refractivity contribution in [1.82, 2.24) is 24.3 Å². The summed E-state index contributed by atoms with van der Waals surface area (Å²) in [5.41, 5.74) is 4.96. The lowest BCUT2D eigenvalue weighted by atomic mass is 9.96. The summed E-state index contributed by atoms with van der Waals surface area (Å²) in [6.07, 6.45) is 10.7. The van der Waals surface area contributed by atoms with Gasteiger partial charge < -0.3 is 15.0 Å². The van der Waals surface area contributed by atoms with Crippen molar-refractivity contribution in [3.8, 4) is 28.8 Å². The number of benzene rings is 2. The Morgan fingerprint density at radius 1 is 1.09 bits per heavy atom. The summed E-state index contributed by atoms with van der Waals surface area (Å²) < 4.78 is 2.22. The molecule has 1 fully saturated rings. The molecule has 2 N–H and O–H groups in total. The van der Waals surface area contributed by atoms with Crippen LogP contribution in [0.3, 0.4) is 0 Å². The smallest absolute Gasteiger partial charge is 0.131 e. The highest BCUT2D eigenvalue weighted by molar-refractivity contribution is 5.87. The lowest BCUT2D eigenvalue weighted by molar-refractivity contribution is 0.213. The summed E-state index contributed by atoms with van der Waals surface area (Å²) in [4.78, 5) is 15.3. The summed E-state index contributed by atoms with van der Waals surface area (Å²) in [7, 11) is 0. The lowest BCUT2D eigenvalue weighted by Crippen LogP contribution is -2.34. The molecule has 6 rings (SSSR count). The van der Waals surface area contributed by atoms with Crippen LogP contribution in [0.2, 0.25) is 0 Å². The third-order valence-corrected chi connectivity index (χ3v) is 6.94. The minimum Gasteiger partial charge on any atom is -0.507 e. The molecule has 0 aliphatic carbocycles. The molecule has 0 atom stereocenters. The van der Waals surface area contributed by atoms with E-state index in [-0.39, 0.29) is 5.75 Å². The van der Waals surface area contributed by atoms with Gasteiger partial charge in [-0.3, -0.25) is 9.38 Å². The van der Waals surface area contributed by atoms with Crippen molar-refractivity contribution in [3.05, 3.63) is 84.7 Å². The van der Waals surface area contributed by atoms with Crippen molar-refractivity contribution < 1.29 is 5.11 Å². The van der Waals surface area contributed by atoms with Crippen LogP contribution in [-0.2, 0) is 0 Å². The zero-order valence-corrected chi connectivity index (χ0v) is 19.5. The molecule has 1 saturated heterocycles. The Morgan fingerprint density at radius 3 is 2.86 bits per heavy atom. The molecule has 6 nitrogen and oxygen atoms in total. The van der Waals surface area contributed by atoms with Crippen molar-refractivity contribution in [2.45, 2.75) is 25.2 Å². The van der Waals surface area contributed by atoms with Gasteiger partial charge in [0.2, 0.25) is 0 Å². The normalized spacial score (nSPS) is 14.9. The largest absolute Gasteiger partial charge is 0.507 e. The number of aromatic amines is 1. The van der Waals surface area contributed by atoms with Crippen LogP contribution in [0.4, 0.5) is 0 Å². The van der Waals surface area contributed by atoms with Crippen molar-refractivity contribution in [1.29, 1.82) is 0 Å². The molecule has 1 aliphatic rings. The molecule has 3 aromatic heterocycles. The summed E-state index contributed by atoms with van der Waals surface area (Å²) in [6, 6.07) is 15.8. The van der Waals surface area contributed by atoms with Gasteiger partial charge in [-0.1, -0.05) is 36.1 Å². The molecule has 0 spiro atoms. The van der Waals surface area contributed by atoms with Crippen LogP contribution in [0.25, 0.3) is 27.7 Å². The first-order chi connectivity index (χ1) is 17.3. The number of hydrogen-bond donors (Lipinski definition) is 2. The maximum Gasteiger partial charge on any atom is 0.131 e. The van der Waals surface area contributed by atoms with E-state index in [4.69, 9.17) is 4.98 Å². The van der Waals surface area contributed by atoms with Gasteiger partial charge in [0.25, 0.3) is 0 Å². The van der Waals surface area contributed by atoms with Crippen LogP contribution in [0, 0.1) is 11.8 Å².